The van der Waals surface area contributed by atoms with E-state index in [9.17, 15) is 19.5 Å². The normalized spacial score (nSPS) is 16.6. The Kier molecular flexibility index (Phi) is 6.90. The number of carbonyl (C=O) groups excluding carboxylic acids is 3. The van der Waals surface area contributed by atoms with E-state index in [4.69, 9.17) is 9.47 Å². The van der Waals surface area contributed by atoms with Gasteiger partial charge in [-0.05, 0) is 25.0 Å². The standard InChI is InChI=1S/C16H19N3O6/c20-14(21)10-25-13-6-2-1-4-11(13)8-18-19-16(23)15(22)17-9-12-5-3-7-24-12/h1-2,4,6,8,12H,3,5,7,9-10H2,(H,17,22)(H,19,23)(H,20,21)/p-1/b18-8-/t12-/m1/s1. The first-order chi connectivity index (χ1) is 12.1. The lowest BCUT2D eigenvalue weighted by Crippen LogP contribution is -2.41. The molecule has 0 aliphatic carbocycles. The number of carboxylic acids is 1. The number of carboxylic acid groups (broad SMARTS) is 1. The van der Waals surface area contributed by atoms with Crippen LogP contribution in [0.3, 0.4) is 0 Å². The van der Waals surface area contributed by atoms with E-state index in [0.29, 0.717) is 12.2 Å². The highest BCUT2D eigenvalue weighted by molar-refractivity contribution is 6.35. The summed E-state index contributed by atoms with van der Waals surface area (Å²) in [6.07, 6.45) is 2.97. The van der Waals surface area contributed by atoms with Crippen LogP contribution in [0.5, 0.6) is 5.75 Å². The Balaban J connectivity index is 1.82. The number of amides is 2. The fourth-order valence-corrected chi connectivity index (χ4v) is 2.16. The van der Waals surface area contributed by atoms with Gasteiger partial charge < -0.3 is 24.7 Å². The Bertz CT molecular complexity index is 655. The van der Waals surface area contributed by atoms with Gasteiger partial charge in [-0.15, -0.1) is 0 Å². The Morgan fingerprint density at radius 2 is 2.12 bits per heavy atom. The Morgan fingerprint density at radius 1 is 1.32 bits per heavy atom. The van der Waals surface area contributed by atoms with Crippen molar-refractivity contribution in [3.63, 3.8) is 0 Å². The van der Waals surface area contributed by atoms with E-state index in [1.165, 1.54) is 6.21 Å². The first-order valence-corrected chi connectivity index (χ1v) is 7.71. The zero-order chi connectivity index (χ0) is 18.1. The Hall–Kier alpha value is -2.94. The van der Waals surface area contributed by atoms with Gasteiger partial charge in [-0.3, -0.25) is 9.59 Å². The summed E-state index contributed by atoms with van der Waals surface area (Å²) < 4.78 is 10.4. The lowest BCUT2D eigenvalue weighted by atomic mass is 10.2. The van der Waals surface area contributed by atoms with Crippen LogP contribution in [0, 0.1) is 0 Å². The second kappa shape index (κ2) is 9.38. The zero-order valence-electron chi connectivity index (χ0n) is 13.4. The van der Waals surface area contributed by atoms with Crippen LogP contribution in [0.15, 0.2) is 29.4 Å². The molecule has 1 heterocycles. The topological polar surface area (TPSA) is 129 Å². The lowest BCUT2D eigenvalue weighted by molar-refractivity contribution is -0.307. The smallest absolute Gasteiger partial charge is 0.329 e. The average Bonchev–Trinajstić information content (AvgIpc) is 3.12. The summed E-state index contributed by atoms with van der Waals surface area (Å²) in [5.41, 5.74) is 2.53. The quantitative estimate of drug-likeness (QED) is 0.353. The molecule has 9 nitrogen and oxygen atoms in total. The number of hydrogen-bond donors (Lipinski definition) is 2. The molecule has 0 spiro atoms. The minimum Gasteiger partial charge on any atom is -0.546 e. The summed E-state index contributed by atoms with van der Waals surface area (Å²) in [6.45, 7) is 0.329. The molecule has 134 valence electrons. The highest BCUT2D eigenvalue weighted by atomic mass is 16.5. The van der Waals surface area contributed by atoms with E-state index in [1.54, 1.807) is 24.3 Å². The van der Waals surface area contributed by atoms with Gasteiger partial charge in [0.05, 0.1) is 18.3 Å². The van der Waals surface area contributed by atoms with Crippen LogP contribution < -0.4 is 20.6 Å². The van der Waals surface area contributed by atoms with Gasteiger partial charge in [0, 0.05) is 18.7 Å². The van der Waals surface area contributed by atoms with Gasteiger partial charge in [-0.2, -0.15) is 5.10 Å². The minimum absolute atomic E-state index is 0.0620. The molecule has 9 heteroatoms. The third kappa shape index (κ3) is 6.22. The predicted molar refractivity (Wildman–Crippen MR) is 84.7 cm³/mol. The summed E-state index contributed by atoms with van der Waals surface area (Å²) >= 11 is 0. The van der Waals surface area contributed by atoms with Gasteiger partial charge in [0.15, 0.2) is 0 Å². The molecule has 0 saturated carbocycles. The van der Waals surface area contributed by atoms with Crippen LogP contribution in [0.2, 0.25) is 0 Å². The molecule has 1 fully saturated rings. The van der Waals surface area contributed by atoms with Gasteiger partial charge >= 0.3 is 11.8 Å². The first kappa shape index (κ1) is 18.4. The van der Waals surface area contributed by atoms with Crippen molar-refractivity contribution >= 4 is 24.0 Å². The van der Waals surface area contributed by atoms with Crippen molar-refractivity contribution in [1.29, 1.82) is 0 Å². The van der Waals surface area contributed by atoms with Crippen LogP contribution in [0.4, 0.5) is 0 Å². The van der Waals surface area contributed by atoms with E-state index in [0.717, 1.165) is 12.8 Å². The van der Waals surface area contributed by atoms with Gasteiger partial charge in [0.1, 0.15) is 12.4 Å². The van der Waals surface area contributed by atoms with Crippen molar-refractivity contribution in [3.8, 4) is 5.75 Å². The average molecular weight is 348 g/mol. The molecule has 2 amide bonds. The van der Waals surface area contributed by atoms with Crippen molar-refractivity contribution in [3.05, 3.63) is 29.8 Å². The fraction of sp³-hybridized carbons (Fsp3) is 0.375. The van der Waals surface area contributed by atoms with E-state index < -0.39 is 24.4 Å². The number of hydrazone groups is 1. The second-order valence-electron chi connectivity index (χ2n) is 5.24. The summed E-state index contributed by atoms with van der Waals surface area (Å²) in [6, 6.07) is 6.49. The number of hydrogen-bond acceptors (Lipinski definition) is 7. The number of carbonyl (C=O) groups is 3. The second-order valence-corrected chi connectivity index (χ2v) is 5.24. The number of ether oxygens (including phenoxy) is 2. The van der Waals surface area contributed by atoms with Crippen molar-refractivity contribution in [1.82, 2.24) is 10.7 Å². The number of nitrogens with zero attached hydrogens (tertiary/aromatic N) is 1. The third-order valence-electron chi connectivity index (χ3n) is 3.35. The molecular formula is C16H18N3O6-. The summed E-state index contributed by atoms with van der Waals surface area (Å²) in [5.74, 6) is -2.83. The SMILES string of the molecule is O=C([O-])COc1ccccc1/C=N\NC(=O)C(=O)NC[C@H]1CCCO1. The molecular weight excluding hydrogens is 330 g/mol. The Labute approximate surface area is 144 Å². The molecule has 0 unspecified atom stereocenters. The monoisotopic (exact) mass is 348 g/mol. The Morgan fingerprint density at radius 3 is 2.84 bits per heavy atom. The van der Waals surface area contributed by atoms with Crippen LogP contribution in [0.1, 0.15) is 18.4 Å². The van der Waals surface area contributed by atoms with Crippen molar-refractivity contribution in [2.24, 2.45) is 5.10 Å². The number of aliphatic carboxylic acids is 1. The van der Waals surface area contributed by atoms with Crippen molar-refractivity contribution < 1.29 is 29.0 Å². The van der Waals surface area contributed by atoms with E-state index >= 15 is 0 Å². The maximum atomic E-state index is 11.6. The molecule has 2 N–H and O–H groups in total. The highest BCUT2D eigenvalue weighted by Crippen LogP contribution is 2.15. The molecule has 0 aromatic heterocycles. The van der Waals surface area contributed by atoms with Crippen molar-refractivity contribution in [2.75, 3.05) is 19.8 Å². The first-order valence-electron chi connectivity index (χ1n) is 7.71. The maximum Gasteiger partial charge on any atom is 0.329 e. The number of rotatable bonds is 7. The molecule has 1 aromatic rings. The lowest BCUT2D eigenvalue weighted by Gasteiger charge is -2.10. The molecule has 1 saturated heterocycles. The van der Waals surface area contributed by atoms with Crippen LogP contribution in [-0.2, 0) is 19.1 Å². The van der Waals surface area contributed by atoms with E-state index in [1.807, 2.05) is 0 Å². The van der Waals surface area contributed by atoms with Crippen LogP contribution >= 0.6 is 0 Å². The fourth-order valence-electron chi connectivity index (χ4n) is 2.16. The van der Waals surface area contributed by atoms with Gasteiger partial charge in [-0.25, -0.2) is 5.43 Å². The molecule has 2 rings (SSSR count). The van der Waals surface area contributed by atoms with Crippen molar-refractivity contribution in [2.45, 2.75) is 18.9 Å². The number of para-hydroxylation sites is 1. The molecule has 1 aliphatic heterocycles. The van der Waals surface area contributed by atoms with Crippen LogP contribution in [-0.4, -0.2) is 49.9 Å². The summed E-state index contributed by atoms with van der Waals surface area (Å²) in [4.78, 5) is 33.7. The zero-order valence-corrected chi connectivity index (χ0v) is 13.4. The minimum atomic E-state index is -1.36. The number of nitrogens with one attached hydrogen (secondary N) is 2. The molecule has 0 radical (unpaired) electrons. The molecule has 1 aromatic carbocycles. The van der Waals surface area contributed by atoms with Gasteiger partial charge in [0.2, 0.25) is 0 Å². The van der Waals surface area contributed by atoms with Crippen LogP contribution in [0.25, 0.3) is 0 Å². The summed E-state index contributed by atoms with van der Waals surface area (Å²) in [5, 5.41) is 16.6. The van der Waals surface area contributed by atoms with Gasteiger partial charge in [0.25, 0.3) is 0 Å². The largest absolute Gasteiger partial charge is 0.546 e. The van der Waals surface area contributed by atoms with E-state index in [-0.39, 0.29) is 18.4 Å². The maximum absolute atomic E-state index is 11.6. The molecule has 1 atom stereocenters. The van der Waals surface area contributed by atoms with E-state index in [2.05, 4.69) is 15.8 Å². The van der Waals surface area contributed by atoms with Gasteiger partial charge in [-0.1, -0.05) is 12.1 Å². The molecule has 0 bridgehead atoms. The molecule has 25 heavy (non-hydrogen) atoms. The number of benzene rings is 1. The summed E-state index contributed by atoms with van der Waals surface area (Å²) in [7, 11) is 0. The molecule has 1 aliphatic rings. The third-order valence-corrected chi connectivity index (χ3v) is 3.35. The highest BCUT2D eigenvalue weighted by Gasteiger charge is 2.18. The predicted octanol–water partition coefficient (Wildman–Crippen LogP) is -1.44.